The molecule has 0 saturated heterocycles. The Kier molecular flexibility index (Phi) is 8.16. The Bertz CT molecular complexity index is 790. The van der Waals surface area contributed by atoms with Crippen molar-refractivity contribution in [1.29, 1.82) is 0 Å². The molecular formula is C20H27N4O3S+. The summed E-state index contributed by atoms with van der Waals surface area (Å²) < 4.78 is 0. The Morgan fingerprint density at radius 2 is 1.61 bits per heavy atom. The average Bonchev–Trinajstić information content (AvgIpc) is 3.17. The van der Waals surface area contributed by atoms with E-state index in [0.29, 0.717) is 17.9 Å². The lowest BCUT2D eigenvalue weighted by Crippen LogP contribution is -3.14. The summed E-state index contributed by atoms with van der Waals surface area (Å²) >= 11 is 1.60. The van der Waals surface area contributed by atoms with Gasteiger partial charge in [0.25, 0.3) is 11.8 Å². The van der Waals surface area contributed by atoms with E-state index in [1.807, 2.05) is 31.4 Å². The third-order valence-corrected chi connectivity index (χ3v) is 5.21. The molecule has 0 spiro atoms. The van der Waals surface area contributed by atoms with Gasteiger partial charge in [-0.15, -0.1) is 11.3 Å². The van der Waals surface area contributed by atoms with E-state index in [1.54, 1.807) is 35.6 Å². The Balaban J connectivity index is 1.81. The predicted molar refractivity (Wildman–Crippen MR) is 111 cm³/mol. The van der Waals surface area contributed by atoms with Crippen LogP contribution in [0, 0.1) is 0 Å². The average molecular weight is 404 g/mol. The van der Waals surface area contributed by atoms with Gasteiger partial charge >= 0.3 is 0 Å². The Morgan fingerprint density at radius 3 is 2.14 bits per heavy atom. The number of hydrogen-bond donors (Lipinski definition) is 4. The topological polar surface area (TPSA) is 91.7 Å². The maximum Gasteiger partial charge on any atom is 0.279 e. The Morgan fingerprint density at radius 1 is 1.00 bits per heavy atom. The minimum Gasteiger partial charge on any atom is -0.344 e. The molecule has 0 bridgehead atoms. The summed E-state index contributed by atoms with van der Waals surface area (Å²) in [6.07, 6.45) is 0. The number of amides is 3. The molecule has 8 heteroatoms. The molecule has 0 aliphatic heterocycles. The molecule has 2 rings (SSSR count). The largest absolute Gasteiger partial charge is 0.344 e. The fraction of sp³-hybridized carbons (Fsp3) is 0.350. The van der Waals surface area contributed by atoms with Crippen molar-refractivity contribution in [1.82, 2.24) is 5.32 Å². The number of carbonyl (C=O) groups excluding carboxylic acids is 3. The fourth-order valence-corrected chi connectivity index (χ4v) is 3.45. The van der Waals surface area contributed by atoms with Crippen LogP contribution in [0.3, 0.4) is 0 Å². The molecule has 1 aromatic heterocycles. The van der Waals surface area contributed by atoms with Crippen molar-refractivity contribution in [3.63, 3.8) is 0 Å². The summed E-state index contributed by atoms with van der Waals surface area (Å²) in [5, 5.41) is 10.5. The lowest BCUT2D eigenvalue weighted by Gasteiger charge is -2.18. The van der Waals surface area contributed by atoms with E-state index >= 15 is 0 Å². The molecule has 1 aromatic carbocycles. The van der Waals surface area contributed by atoms with Gasteiger partial charge in [-0.05, 0) is 49.6 Å². The highest BCUT2D eigenvalue weighted by atomic mass is 32.1. The van der Waals surface area contributed by atoms with Gasteiger partial charge in [0.1, 0.15) is 0 Å². The van der Waals surface area contributed by atoms with Gasteiger partial charge in [0.05, 0.1) is 12.6 Å². The van der Waals surface area contributed by atoms with Gasteiger partial charge in [-0.2, -0.15) is 0 Å². The summed E-state index contributed by atoms with van der Waals surface area (Å²) in [5.74, 6) is -0.390. The van der Waals surface area contributed by atoms with Crippen LogP contribution >= 0.6 is 11.3 Å². The molecule has 3 amide bonds. The quantitative estimate of drug-likeness (QED) is 0.510. The van der Waals surface area contributed by atoms with Crippen molar-refractivity contribution in [3.05, 3.63) is 46.7 Å². The minimum atomic E-state index is -0.164. The van der Waals surface area contributed by atoms with Gasteiger partial charge < -0.3 is 20.9 Å². The summed E-state index contributed by atoms with van der Waals surface area (Å²) in [6.45, 7) is 6.43. The first-order valence-electron chi connectivity index (χ1n) is 9.21. The number of carbonyl (C=O) groups is 3. The molecule has 28 heavy (non-hydrogen) atoms. The van der Waals surface area contributed by atoms with Gasteiger partial charge in [-0.25, -0.2) is 0 Å². The standard InChI is InChI=1S/C20H26N4O3S/c1-4-24(12-19(26)21-14(2)18-6-5-11-28-18)13-20(27)23-17-9-7-16(8-10-17)22-15(3)25/h5-11,14H,4,12-13H2,1-3H3,(H,21,26)(H,22,25)(H,23,27)/p+1/t14-/m1/s1. The number of rotatable bonds is 9. The van der Waals surface area contributed by atoms with E-state index in [0.717, 1.165) is 9.78 Å². The van der Waals surface area contributed by atoms with Crippen LogP contribution in [-0.2, 0) is 14.4 Å². The predicted octanol–water partition coefficient (Wildman–Crippen LogP) is 1.43. The number of anilines is 2. The molecule has 150 valence electrons. The number of hydrogen-bond acceptors (Lipinski definition) is 4. The second-order valence-electron chi connectivity index (χ2n) is 6.57. The van der Waals surface area contributed by atoms with Gasteiger partial charge in [0, 0.05) is 23.2 Å². The van der Waals surface area contributed by atoms with Crippen LogP contribution in [0.5, 0.6) is 0 Å². The molecule has 1 heterocycles. The van der Waals surface area contributed by atoms with E-state index in [9.17, 15) is 14.4 Å². The molecule has 0 aliphatic carbocycles. The summed E-state index contributed by atoms with van der Waals surface area (Å²) in [4.78, 5) is 37.6. The van der Waals surface area contributed by atoms with Crippen LogP contribution in [0.2, 0.25) is 0 Å². The highest BCUT2D eigenvalue weighted by Crippen LogP contribution is 2.17. The third-order valence-electron chi connectivity index (χ3n) is 4.16. The van der Waals surface area contributed by atoms with Crippen molar-refractivity contribution < 1.29 is 19.3 Å². The highest BCUT2D eigenvalue weighted by molar-refractivity contribution is 7.10. The number of likely N-dealkylation sites (N-methyl/N-ethyl adjacent to an activating group) is 1. The molecular weight excluding hydrogens is 376 g/mol. The van der Waals surface area contributed by atoms with Crippen LogP contribution in [0.25, 0.3) is 0 Å². The lowest BCUT2D eigenvalue weighted by atomic mass is 10.2. The number of nitrogens with one attached hydrogen (secondary N) is 4. The first-order valence-corrected chi connectivity index (χ1v) is 10.1. The zero-order valence-corrected chi connectivity index (χ0v) is 17.2. The molecule has 0 saturated carbocycles. The first kappa shape index (κ1) is 21.6. The smallest absolute Gasteiger partial charge is 0.279 e. The summed E-state index contributed by atoms with van der Waals surface area (Å²) in [7, 11) is 0. The van der Waals surface area contributed by atoms with Crippen molar-refractivity contribution in [2.45, 2.75) is 26.8 Å². The van der Waals surface area contributed by atoms with E-state index in [-0.39, 0.29) is 36.9 Å². The molecule has 0 fully saturated rings. The normalized spacial score (nSPS) is 12.7. The maximum atomic E-state index is 12.3. The summed E-state index contributed by atoms with van der Waals surface area (Å²) in [6, 6.07) is 10.8. The van der Waals surface area contributed by atoms with Crippen LogP contribution in [0.1, 0.15) is 31.7 Å². The third kappa shape index (κ3) is 7.13. The number of thiophene rings is 1. The van der Waals surface area contributed by atoms with E-state index in [1.165, 1.54) is 6.92 Å². The van der Waals surface area contributed by atoms with Crippen molar-refractivity contribution in [2.75, 3.05) is 30.3 Å². The molecule has 1 unspecified atom stereocenters. The van der Waals surface area contributed by atoms with Crippen molar-refractivity contribution in [3.8, 4) is 0 Å². The molecule has 7 nitrogen and oxygen atoms in total. The SMILES string of the molecule is CC[NH+](CC(=O)Nc1ccc(NC(C)=O)cc1)CC(=O)N[C@H](C)c1cccs1. The second kappa shape index (κ2) is 10.6. The maximum absolute atomic E-state index is 12.3. The zero-order valence-electron chi connectivity index (χ0n) is 16.4. The molecule has 0 radical (unpaired) electrons. The van der Waals surface area contributed by atoms with Crippen molar-refractivity contribution >= 4 is 40.4 Å². The lowest BCUT2D eigenvalue weighted by molar-refractivity contribution is -0.881. The second-order valence-corrected chi connectivity index (χ2v) is 7.55. The molecule has 2 atom stereocenters. The first-order chi connectivity index (χ1) is 13.4. The van der Waals surface area contributed by atoms with E-state index in [2.05, 4.69) is 16.0 Å². The van der Waals surface area contributed by atoms with Gasteiger partial charge in [-0.3, -0.25) is 14.4 Å². The van der Waals surface area contributed by atoms with Gasteiger partial charge in [-0.1, -0.05) is 6.07 Å². The molecule has 0 aliphatic rings. The zero-order chi connectivity index (χ0) is 20.5. The van der Waals surface area contributed by atoms with Crippen LogP contribution in [-0.4, -0.2) is 37.4 Å². The fourth-order valence-electron chi connectivity index (χ4n) is 2.71. The Labute approximate surface area is 169 Å². The Hall–Kier alpha value is -2.71. The number of quaternary nitrogens is 1. The molecule has 4 N–H and O–H groups in total. The molecule has 2 aromatic rings. The van der Waals surface area contributed by atoms with Gasteiger partial charge in [0.15, 0.2) is 13.1 Å². The number of benzene rings is 1. The summed E-state index contributed by atoms with van der Waals surface area (Å²) in [5.41, 5.74) is 1.31. The van der Waals surface area contributed by atoms with E-state index in [4.69, 9.17) is 0 Å². The van der Waals surface area contributed by atoms with Crippen LogP contribution in [0.15, 0.2) is 41.8 Å². The monoisotopic (exact) mass is 403 g/mol. The highest BCUT2D eigenvalue weighted by Gasteiger charge is 2.18. The van der Waals surface area contributed by atoms with Crippen LogP contribution in [0.4, 0.5) is 11.4 Å². The minimum absolute atomic E-state index is 0.0402. The van der Waals surface area contributed by atoms with E-state index < -0.39 is 0 Å². The van der Waals surface area contributed by atoms with Crippen LogP contribution < -0.4 is 20.9 Å². The van der Waals surface area contributed by atoms with Crippen molar-refractivity contribution in [2.24, 2.45) is 0 Å². The van der Waals surface area contributed by atoms with Gasteiger partial charge in [0.2, 0.25) is 5.91 Å².